The Morgan fingerprint density at radius 2 is 1.75 bits per heavy atom. The van der Waals surface area contributed by atoms with Crippen molar-refractivity contribution in [3.05, 3.63) is 53.6 Å². The predicted molar refractivity (Wildman–Crippen MR) is 102 cm³/mol. The Labute approximate surface area is 162 Å². The van der Waals surface area contributed by atoms with Crippen molar-refractivity contribution in [3.8, 4) is 0 Å². The van der Waals surface area contributed by atoms with Gasteiger partial charge in [-0.1, -0.05) is 31.4 Å². The smallest absolute Gasteiger partial charge is 0.356 e. The topological polar surface area (TPSA) is 121 Å². The molecule has 1 aromatic carbocycles. The number of nitrogens with one attached hydrogen (secondary N) is 2. The van der Waals surface area contributed by atoms with Gasteiger partial charge in [0.05, 0.1) is 12.4 Å². The highest BCUT2D eigenvalue weighted by molar-refractivity contribution is 5.93. The average Bonchev–Trinajstić information content (AvgIpc) is 2.73. The maximum Gasteiger partial charge on any atom is 0.356 e. The molecule has 8 heteroatoms. The van der Waals surface area contributed by atoms with Crippen molar-refractivity contribution < 1.29 is 19.5 Å². The summed E-state index contributed by atoms with van der Waals surface area (Å²) in [6, 6.07) is 7.30. The Morgan fingerprint density at radius 3 is 2.43 bits per heavy atom. The molecule has 1 aromatic heterocycles. The van der Waals surface area contributed by atoms with Crippen LogP contribution < -0.4 is 10.6 Å². The predicted octanol–water partition coefficient (Wildman–Crippen LogP) is 2.62. The van der Waals surface area contributed by atoms with Gasteiger partial charge in [0, 0.05) is 18.2 Å². The molecule has 0 spiro atoms. The van der Waals surface area contributed by atoms with Crippen LogP contribution in [0.1, 0.15) is 58.6 Å². The summed E-state index contributed by atoms with van der Waals surface area (Å²) in [5.74, 6) is -1.54. The first-order chi connectivity index (χ1) is 13.5. The molecular formula is C20H22N4O4. The number of carboxylic acid groups (broad SMARTS) is 1. The molecule has 1 aliphatic rings. The molecule has 0 bridgehead atoms. The Kier molecular flexibility index (Phi) is 6.31. The first kappa shape index (κ1) is 19.5. The number of amides is 2. The van der Waals surface area contributed by atoms with Gasteiger partial charge in [0.25, 0.3) is 5.91 Å². The molecule has 2 aromatic rings. The molecule has 1 aliphatic carbocycles. The lowest BCUT2D eigenvalue weighted by molar-refractivity contribution is -0.120. The number of aromatic carboxylic acids is 1. The summed E-state index contributed by atoms with van der Waals surface area (Å²) in [4.78, 5) is 42.8. The van der Waals surface area contributed by atoms with Crippen LogP contribution >= 0.6 is 0 Å². The fraction of sp³-hybridized carbons (Fsp3) is 0.350. The van der Waals surface area contributed by atoms with Crippen LogP contribution in [0.15, 0.2) is 36.7 Å². The highest BCUT2D eigenvalue weighted by atomic mass is 16.4. The average molecular weight is 382 g/mol. The standard InChI is InChI=1S/C20H22N4O4/c25-18(14-6-2-1-3-7-14)24-15-8-4-5-13(9-15)10-23-19(26)16-11-22-17(12-21-16)20(27)28/h4-5,8-9,11-12,14H,1-3,6-7,10H2,(H,23,26)(H,24,25)(H,27,28). The second-order valence-electron chi connectivity index (χ2n) is 6.80. The van der Waals surface area contributed by atoms with Gasteiger partial charge < -0.3 is 15.7 Å². The van der Waals surface area contributed by atoms with E-state index in [4.69, 9.17) is 5.11 Å². The van der Waals surface area contributed by atoms with E-state index in [-0.39, 0.29) is 29.8 Å². The Hall–Kier alpha value is -3.29. The first-order valence-corrected chi connectivity index (χ1v) is 9.26. The molecule has 1 fully saturated rings. The third-order valence-corrected chi connectivity index (χ3v) is 4.73. The number of hydrogen-bond acceptors (Lipinski definition) is 5. The zero-order valence-corrected chi connectivity index (χ0v) is 15.4. The molecular weight excluding hydrogens is 360 g/mol. The molecule has 28 heavy (non-hydrogen) atoms. The van der Waals surface area contributed by atoms with Gasteiger partial charge in [-0.2, -0.15) is 0 Å². The lowest BCUT2D eigenvalue weighted by Gasteiger charge is -2.20. The number of aromatic nitrogens is 2. The Balaban J connectivity index is 1.55. The number of benzene rings is 1. The number of carboxylic acids is 1. The van der Waals surface area contributed by atoms with E-state index < -0.39 is 11.9 Å². The molecule has 3 rings (SSSR count). The summed E-state index contributed by atoms with van der Waals surface area (Å²) in [6.45, 7) is 0.244. The fourth-order valence-corrected chi connectivity index (χ4v) is 3.20. The van der Waals surface area contributed by atoms with Gasteiger partial charge in [0.15, 0.2) is 5.69 Å². The molecule has 0 unspecified atom stereocenters. The number of carbonyl (C=O) groups is 3. The SMILES string of the molecule is O=C(O)c1cnc(C(=O)NCc2cccc(NC(=O)C3CCCCC3)c2)cn1. The van der Waals surface area contributed by atoms with Crippen molar-refractivity contribution in [2.45, 2.75) is 38.6 Å². The van der Waals surface area contributed by atoms with E-state index in [0.717, 1.165) is 43.6 Å². The van der Waals surface area contributed by atoms with Gasteiger partial charge >= 0.3 is 5.97 Å². The van der Waals surface area contributed by atoms with E-state index >= 15 is 0 Å². The summed E-state index contributed by atoms with van der Waals surface area (Å²) in [7, 11) is 0. The second kappa shape index (κ2) is 9.07. The zero-order valence-electron chi connectivity index (χ0n) is 15.4. The van der Waals surface area contributed by atoms with Crippen molar-refractivity contribution in [3.63, 3.8) is 0 Å². The minimum atomic E-state index is -1.20. The first-order valence-electron chi connectivity index (χ1n) is 9.26. The van der Waals surface area contributed by atoms with Crippen molar-refractivity contribution in [1.82, 2.24) is 15.3 Å². The highest BCUT2D eigenvalue weighted by Crippen LogP contribution is 2.25. The van der Waals surface area contributed by atoms with Gasteiger partial charge in [-0.05, 0) is 30.5 Å². The summed E-state index contributed by atoms with van der Waals surface area (Å²) >= 11 is 0. The number of carbonyl (C=O) groups excluding carboxylic acids is 2. The van der Waals surface area contributed by atoms with Crippen LogP contribution in [-0.4, -0.2) is 32.9 Å². The van der Waals surface area contributed by atoms with Crippen molar-refractivity contribution >= 4 is 23.5 Å². The van der Waals surface area contributed by atoms with Crippen LogP contribution in [0.4, 0.5) is 5.69 Å². The fourth-order valence-electron chi connectivity index (χ4n) is 3.20. The molecule has 0 atom stereocenters. The van der Waals surface area contributed by atoms with E-state index in [2.05, 4.69) is 20.6 Å². The maximum atomic E-state index is 12.4. The van der Waals surface area contributed by atoms with Crippen LogP contribution in [0.5, 0.6) is 0 Å². The largest absolute Gasteiger partial charge is 0.476 e. The van der Waals surface area contributed by atoms with Crippen LogP contribution in [0.25, 0.3) is 0 Å². The molecule has 3 N–H and O–H groups in total. The van der Waals surface area contributed by atoms with E-state index in [1.807, 2.05) is 24.3 Å². The monoisotopic (exact) mass is 382 g/mol. The van der Waals surface area contributed by atoms with Crippen LogP contribution in [0, 0.1) is 5.92 Å². The summed E-state index contributed by atoms with van der Waals surface area (Å²) in [6.07, 6.45) is 7.42. The van der Waals surface area contributed by atoms with Crippen LogP contribution in [-0.2, 0) is 11.3 Å². The quantitative estimate of drug-likeness (QED) is 0.706. The summed E-state index contributed by atoms with van der Waals surface area (Å²) in [5, 5.41) is 14.5. The van der Waals surface area contributed by atoms with Gasteiger partial charge in [0.1, 0.15) is 5.69 Å². The van der Waals surface area contributed by atoms with Crippen molar-refractivity contribution in [2.75, 3.05) is 5.32 Å². The summed E-state index contributed by atoms with van der Waals surface area (Å²) in [5.41, 5.74) is 1.34. The minimum Gasteiger partial charge on any atom is -0.476 e. The van der Waals surface area contributed by atoms with Gasteiger partial charge in [-0.15, -0.1) is 0 Å². The molecule has 2 amide bonds. The minimum absolute atomic E-state index is 0.0340. The molecule has 8 nitrogen and oxygen atoms in total. The van der Waals surface area contributed by atoms with E-state index in [1.54, 1.807) is 0 Å². The highest BCUT2D eigenvalue weighted by Gasteiger charge is 2.21. The number of rotatable bonds is 6. The molecule has 1 heterocycles. The molecule has 0 saturated heterocycles. The van der Waals surface area contributed by atoms with Gasteiger partial charge in [-0.3, -0.25) is 9.59 Å². The number of anilines is 1. The third-order valence-electron chi connectivity index (χ3n) is 4.73. The van der Waals surface area contributed by atoms with Crippen molar-refractivity contribution in [2.24, 2.45) is 5.92 Å². The lowest BCUT2D eigenvalue weighted by Crippen LogP contribution is -2.25. The van der Waals surface area contributed by atoms with Crippen LogP contribution in [0.3, 0.4) is 0 Å². The molecule has 146 valence electrons. The van der Waals surface area contributed by atoms with Crippen LogP contribution in [0.2, 0.25) is 0 Å². The maximum absolute atomic E-state index is 12.4. The summed E-state index contributed by atoms with van der Waals surface area (Å²) < 4.78 is 0. The molecule has 0 radical (unpaired) electrons. The second-order valence-corrected chi connectivity index (χ2v) is 6.80. The third kappa shape index (κ3) is 5.12. The molecule has 1 saturated carbocycles. The molecule has 0 aliphatic heterocycles. The number of nitrogens with zero attached hydrogens (tertiary/aromatic N) is 2. The Morgan fingerprint density at radius 1 is 1.04 bits per heavy atom. The number of hydrogen-bond donors (Lipinski definition) is 3. The zero-order chi connectivity index (χ0) is 19.9. The lowest BCUT2D eigenvalue weighted by atomic mass is 9.88. The Bertz CT molecular complexity index is 861. The van der Waals surface area contributed by atoms with E-state index in [0.29, 0.717) is 5.69 Å². The van der Waals surface area contributed by atoms with E-state index in [1.165, 1.54) is 6.42 Å². The van der Waals surface area contributed by atoms with Gasteiger partial charge in [-0.25, -0.2) is 14.8 Å². The van der Waals surface area contributed by atoms with Crippen molar-refractivity contribution in [1.29, 1.82) is 0 Å². The van der Waals surface area contributed by atoms with E-state index in [9.17, 15) is 14.4 Å². The van der Waals surface area contributed by atoms with Gasteiger partial charge in [0.2, 0.25) is 5.91 Å². The normalized spacial score (nSPS) is 14.3.